The molecule has 1 aromatic rings. The maximum Gasteiger partial charge on any atom is 0.161 e. The van der Waals surface area contributed by atoms with Gasteiger partial charge in [0.2, 0.25) is 0 Å². The number of nitrogens with one attached hydrogen (secondary N) is 1. The normalized spacial score (nSPS) is 12.2. The maximum absolute atomic E-state index is 8.98. The molecule has 1 aromatic carbocycles. The lowest BCUT2D eigenvalue weighted by molar-refractivity contribution is 0.210. The first-order valence-electron chi connectivity index (χ1n) is 6.33. The first-order chi connectivity index (χ1) is 8.71. The summed E-state index contributed by atoms with van der Waals surface area (Å²) in [5.74, 6) is 1.48. The Kier molecular flexibility index (Phi) is 6.54. The molecule has 102 valence electrons. The van der Waals surface area contributed by atoms with Crippen LogP contribution in [0.1, 0.15) is 18.9 Å². The zero-order valence-corrected chi connectivity index (χ0v) is 11.4. The first kappa shape index (κ1) is 14.8. The first-order valence-corrected chi connectivity index (χ1v) is 6.33. The lowest BCUT2D eigenvalue weighted by atomic mass is 10.2. The Morgan fingerprint density at radius 1 is 1.33 bits per heavy atom. The minimum Gasteiger partial charge on any atom is -0.493 e. The number of methoxy groups -OCH3 is 1. The van der Waals surface area contributed by atoms with Crippen LogP contribution in [0.3, 0.4) is 0 Å². The topological polar surface area (TPSA) is 50.7 Å². The summed E-state index contributed by atoms with van der Waals surface area (Å²) in [6, 6.07) is 6.01. The van der Waals surface area contributed by atoms with E-state index in [9.17, 15) is 0 Å². The Balaban J connectivity index is 2.60. The Labute approximate surface area is 109 Å². The van der Waals surface area contributed by atoms with Crippen molar-refractivity contribution in [1.29, 1.82) is 0 Å². The van der Waals surface area contributed by atoms with Gasteiger partial charge in [0, 0.05) is 12.6 Å². The van der Waals surface area contributed by atoms with Crippen LogP contribution < -0.4 is 14.8 Å². The number of ether oxygens (including phenoxy) is 2. The van der Waals surface area contributed by atoms with Crippen molar-refractivity contribution >= 4 is 0 Å². The average Bonchev–Trinajstić information content (AvgIpc) is 2.37. The third kappa shape index (κ3) is 4.55. The zero-order valence-electron chi connectivity index (χ0n) is 11.4. The van der Waals surface area contributed by atoms with Gasteiger partial charge >= 0.3 is 0 Å². The van der Waals surface area contributed by atoms with Gasteiger partial charge in [-0.05, 0) is 37.6 Å². The van der Waals surface area contributed by atoms with Crippen molar-refractivity contribution in [2.75, 3.05) is 26.9 Å². The van der Waals surface area contributed by atoms with Crippen molar-refractivity contribution in [3.8, 4) is 11.5 Å². The summed E-state index contributed by atoms with van der Waals surface area (Å²) in [7, 11) is 1.64. The van der Waals surface area contributed by atoms with Gasteiger partial charge in [0.25, 0.3) is 0 Å². The van der Waals surface area contributed by atoms with Gasteiger partial charge in [-0.2, -0.15) is 0 Å². The third-order valence-electron chi connectivity index (χ3n) is 2.73. The molecule has 0 aliphatic carbocycles. The lowest BCUT2D eigenvalue weighted by Gasteiger charge is -2.18. The van der Waals surface area contributed by atoms with Gasteiger partial charge in [-0.3, -0.25) is 0 Å². The molecule has 0 aromatic heterocycles. The highest BCUT2D eigenvalue weighted by Crippen LogP contribution is 2.27. The van der Waals surface area contributed by atoms with Crippen LogP contribution in [0.15, 0.2) is 18.2 Å². The predicted octanol–water partition coefficient (Wildman–Crippen LogP) is 1.74. The summed E-state index contributed by atoms with van der Waals surface area (Å²) in [5.41, 5.74) is 1.14. The minimum atomic E-state index is 0.158. The molecule has 0 aliphatic heterocycles. The van der Waals surface area contributed by atoms with E-state index < -0.39 is 0 Å². The maximum atomic E-state index is 8.98. The van der Waals surface area contributed by atoms with Gasteiger partial charge < -0.3 is 19.9 Å². The third-order valence-corrected chi connectivity index (χ3v) is 2.73. The van der Waals surface area contributed by atoms with Gasteiger partial charge in [-0.1, -0.05) is 13.0 Å². The molecular formula is C14H23NO3. The molecule has 0 aliphatic rings. The van der Waals surface area contributed by atoms with E-state index in [1.54, 1.807) is 7.11 Å². The second-order valence-electron chi connectivity index (χ2n) is 4.23. The molecule has 0 radical (unpaired) electrons. The molecule has 4 nitrogen and oxygen atoms in total. The molecule has 0 fully saturated rings. The molecule has 0 bridgehead atoms. The SMILES string of the molecule is CCNC(CCO)COc1ccc(C)cc1OC. The number of aliphatic hydroxyl groups excluding tert-OH is 1. The quantitative estimate of drug-likeness (QED) is 0.741. The van der Waals surface area contributed by atoms with E-state index >= 15 is 0 Å². The van der Waals surface area contributed by atoms with Crippen molar-refractivity contribution in [2.45, 2.75) is 26.3 Å². The lowest BCUT2D eigenvalue weighted by Crippen LogP contribution is -2.35. The summed E-state index contributed by atoms with van der Waals surface area (Å²) in [6.07, 6.45) is 0.683. The molecule has 0 spiro atoms. The number of hydrogen-bond donors (Lipinski definition) is 2. The highest BCUT2D eigenvalue weighted by molar-refractivity contribution is 5.42. The highest BCUT2D eigenvalue weighted by Gasteiger charge is 2.10. The Morgan fingerprint density at radius 2 is 2.11 bits per heavy atom. The van der Waals surface area contributed by atoms with E-state index in [4.69, 9.17) is 14.6 Å². The van der Waals surface area contributed by atoms with Crippen LogP contribution in [0.5, 0.6) is 11.5 Å². The second-order valence-corrected chi connectivity index (χ2v) is 4.23. The Morgan fingerprint density at radius 3 is 2.72 bits per heavy atom. The molecule has 1 rings (SSSR count). The van der Waals surface area contributed by atoms with Gasteiger partial charge in [0.1, 0.15) is 6.61 Å². The summed E-state index contributed by atoms with van der Waals surface area (Å²) in [5, 5.41) is 12.3. The summed E-state index contributed by atoms with van der Waals surface area (Å²) >= 11 is 0. The Bertz CT molecular complexity index is 349. The monoisotopic (exact) mass is 253 g/mol. The van der Waals surface area contributed by atoms with Gasteiger partial charge in [0.05, 0.1) is 7.11 Å². The second kappa shape index (κ2) is 7.95. The number of likely N-dealkylation sites (N-methyl/N-ethyl adjacent to an activating group) is 1. The molecule has 1 atom stereocenters. The number of aryl methyl sites for hydroxylation is 1. The smallest absolute Gasteiger partial charge is 0.161 e. The van der Waals surface area contributed by atoms with Crippen LogP contribution >= 0.6 is 0 Å². The van der Waals surface area contributed by atoms with Crippen molar-refractivity contribution < 1.29 is 14.6 Å². The Hall–Kier alpha value is -1.26. The zero-order chi connectivity index (χ0) is 13.4. The molecule has 0 heterocycles. The number of rotatable bonds is 8. The van der Waals surface area contributed by atoms with E-state index in [-0.39, 0.29) is 12.6 Å². The van der Waals surface area contributed by atoms with E-state index in [1.165, 1.54) is 0 Å². The fourth-order valence-electron chi connectivity index (χ4n) is 1.77. The minimum absolute atomic E-state index is 0.158. The van der Waals surface area contributed by atoms with Gasteiger partial charge in [0.15, 0.2) is 11.5 Å². The predicted molar refractivity (Wildman–Crippen MR) is 72.4 cm³/mol. The van der Waals surface area contributed by atoms with E-state index in [0.717, 1.165) is 23.6 Å². The van der Waals surface area contributed by atoms with Crippen LogP contribution in [-0.4, -0.2) is 38.0 Å². The van der Waals surface area contributed by atoms with Crippen molar-refractivity contribution in [3.05, 3.63) is 23.8 Å². The molecular weight excluding hydrogens is 230 g/mol. The van der Waals surface area contributed by atoms with Crippen LogP contribution in [0.25, 0.3) is 0 Å². The van der Waals surface area contributed by atoms with E-state index in [1.807, 2.05) is 32.0 Å². The largest absolute Gasteiger partial charge is 0.493 e. The fraction of sp³-hybridized carbons (Fsp3) is 0.571. The summed E-state index contributed by atoms with van der Waals surface area (Å²) < 4.78 is 11.0. The van der Waals surface area contributed by atoms with Crippen LogP contribution in [0.2, 0.25) is 0 Å². The number of benzene rings is 1. The molecule has 18 heavy (non-hydrogen) atoms. The van der Waals surface area contributed by atoms with Crippen molar-refractivity contribution in [2.24, 2.45) is 0 Å². The standard InChI is InChI=1S/C14H23NO3/c1-4-15-12(7-8-16)10-18-13-6-5-11(2)9-14(13)17-3/h5-6,9,12,15-16H,4,7-8,10H2,1-3H3. The molecule has 0 saturated heterocycles. The molecule has 2 N–H and O–H groups in total. The highest BCUT2D eigenvalue weighted by atomic mass is 16.5. The number of aliphatic hydroxyl groups is 1. The van der Waals surface area contributed by atoms with Crippen LogP contribution in [-0.2, 0) is 0 Å². The molecule has 4 heteroatoms. The van der Waals surface area contributed by atoms with Crippen molar-refractivity contribution in [1.82, 2.24) is 5.32 Å². The number of hydrogen-bond acceptors (Lipinski definition) is 4. The molecule has 0 saturated carbocycles. The van der Waals surface area contributed by atoms with Crippen LogP contribution in [0.4, 0.5) is 0 Å². The van der Waals surface area contributed by atoms with E-state index in [2.05, 4.69) is 5.32 Å². The van der Waals surface area contributed by atoms with Gasteiger partial charge in [-0.25, -0.2) is 0 Å². The van der Waals surface area contributed by atoms with Gasteiger partial charge in [-0.15, -0.1) is 0 Å². The van der Waals surface area contributed by atoms with Crippen molar-refractivity contribution in [3.63, 3.8) is 0 Å². The fourth-order valence-corrected chi connectivity index (χ4v) is 1.77. The summed E-state index contributed by atoms with van der Waals surface area (Å²) in [4.78, 5) is 0. The van der Waals surface area contributed by atoms with Crippen LogP contribution in [0, 0.1) is 6.92 Å². The molecule has 1 unspecified atom stereocenters. The average molecular weight is 253 g/mol. The van der Waals surface area contributed by atoms with E-state index in [0.29, 0.717) is 13.0 Å². The molecule has 0 amide bonds. The summed E-state index contributed by atoms with van der Waals surface area (Å²) in [6.45, 7) is 5.59.